The number of quaternary nitrogens is 1. The molecule has 23 heavy (non-hydrogen) atoms. The van der Waals surface area contributed by atoms with Gasteiger partial charge in [-0.1, -0.05) is 91.0 Å². The van der Waals surface area contributed by atoms with Gasteiger partial charge in [-0.05, 0) is 5.56 Å². The van der Waals surface area contributed by atoms with Crippen LogP contribution in [0.5, 0.6) is 0 Å². The van der Waals surface area contributed by atoms with Gasteiger partial charge in [0.15, 0.2) is 0 Å². The summed E-state index contributed by atoms with van der Waals surface area (Å²) in [6, 6.07) is 30.4. The van der Waals surface area contributed by atoms with Crippen LogP contribution >= 0.6 is 0 Å². The van der Waals surface area contributed by atoms with Gasteiger partial charge in [0.25, 0.3) is 0 Å². The minimum atomic E-state index is -0.540. The van der Waals surface area contributed by atoms with Crippen LogP contribution < -0.4 is 5.32 Å². The fraction of sp³-hybridized carbons (Fsp3) is 0.143. The zero-order valence-electron chi connectivity index (χ0n) is 13.0. The Balaban J connectivity index is 1.82. The van der Waals surface area contributed by atoms with Crippen molar-refractivity contribution in [3.8, 4) is 0 Å². The van der Waals surface area contributed by atoms with Crippen molar-refractivity contribution >= 4 is 0 Å². The average Bonchev–Trinajstić information content (AvgIpc) is 2.64. The predicted octanol–water partition coefficient (Wildman–Crippen LogP) is 3.22. The van der Waals surface area contributed by atoms with E-state index in [4.69, 9.17) is 0 Å². The summed E-state index contributed by atoms with van der Waals surface area (Å²) in [5, 5.41) is 13.1. The Bertz CT molecular complexity index is 698. The highest BCUT2D eigenvalue weighted by molar-refractivity contribution is 5.24. The molecule has 0 fully saturated rings. The molecular formula is C21H22NO+. The van der Waals surface area contributed by atoms with Crippen LogP contribution in [0.15, 0.2) is 91.0 Å². The monoisotopic (exact) mass is 304 g/mol. The van der Waals surface area contributed by atoms with E-state index >= 15 is 0 Å². The molecule has 0 aliphatic heterocycles. The van der Waals surface area contributed by atoms with Crippen molar-refractivity contribution in [3.63, 3.8) is 0 Å². The lowest BCUT2D eigenvalue weighted by atomic mass is 9.95. The van der Waals surface area contributed by atoms with Crippen LogP contribution in [-0.4, -0.2) is 5.11 Å². The number of aliphatic hydroxyl groups is 1. The van der Waals surface area contributed by atoms with E-state index in [1.54, 1.807) is 0 Å². The molecule has 3 rings (SSSR count). The maximum atomic E-state index is 10.9. The van der Waals surface area contributed by atoms with Gasteiger partial charge in [0, 0.05) is 11.1 Å². The second-order valence-electron chi connectivity index (χ2n) is 5.72. The molecule has 0 unspecified atom stereocenters. The third-order valence-corrected chi connectivity index (χ3v) is 4.12. The van der Waals surface area contributed by atoms with Gasteiger partial charge in [-0.2, -0.15) is 0 Å². The first kappa shape index (κ1) is 15.5. The van der Waals surface area contributed by atoms with E-state index in [1.165, 1.54) is 5.56 Å². The van der Waals surface area contributed by atoms with E-state index in [0.29, 0.717) is 0 Å². The molecule has 3 aromatic carbocycles. The first-order chi connectivity index (χ1) is 11.3. The number of hydrogen-bond acceptors (Lipinski definition) is 1. The van der Waals surface area contributed by atoms with Gasteiger partial charge in [0.1, 0.15) is 18.7 Å². The average molecular weight is 304 g/mol. The fourth-order valence-corrected chi connectivity index (χ4v) is 2.86. The molecule has 0 amide bonds. The molecule has 3 N–H and O–H groups in total. The maximum absolute atomic E-state index is 10.9. The number of aliphatic hydroxyl groups excluding tert-OH is 1. The highest BCUT2D eigenvalue weighted by atomic mass is 16.3. The minimum Gasteiger partial charge on any atom is -0.382 e. The highest BCUT2D eigenvalue weighted by Crippen LogP contribution is 2.25. The SMILES string of the molecule is O[C@@H](c1ccccc1)[C@@H]([NH2+]Cc1ccccc1)c1ccccc1. The largest absolute Gasteiger partial charge is 0.382 e. The van der Waals surface area contributed by atoms with E-state index in [0.717, 1.165) is 17.7 Å². The van der Waals surface area contributed by atoms with Gasteiger partial charge in [0.2, 0.25) is 0 Å². The van der Waals surface area contributed by atoms with Crippen molar-refractivity contribution in [2.24, 2.45) is 0 Å². The Morgan fingerprint density at radius 2 is 1.13 bits per heavy atom. The van der Waals surface area contributed by atoms with Gasteiger partial charge in [-0.3, -0.25) is 0 Å². The standard InChI is InChI=1S/C21H21NO/c23-21(19-14-8-3-9-15-19)20(18-12-6-2-7-13-18)22-16-17-10-4-1-5-11-17/h1-15,20-23H,16H2/p+1/t20-,21-/m0/s1. The molecule has 0 bridgehead atoms. The highest BCUT2D eigenvalue weighted by Gasteiger charge is 2.25. The summed E-state index contributed by atoms with van der Waals surface area (Å²) in [4.78, 5) is 0. The summed E-state index contributed by atoms with van der Waals surface area (Å²) in [6.07, 6.45) is -0.540. The normalized spacial score (nSPS) is 13.4. The zero-order valence-corrected chi connectivity index (χ0v) is 13.0. The number of rotatable bonds is 6. The first-order valence-corrected chi connectivity index (χ1v) is 8.00. The lowest BCUT2D eigenvalue weighted by Gasteiger charge is -2.22. The van der Waals surface area contributed by atoms with Crippen molar-refractivity contribution in [1.29, 1.82) is 0 Å². The smallest absolute Gasteiger partial charge is 0.142 e. The molecule has 116 valence electrons. The van der Waals surface area contributed by atoms with Gasteiger partial charge >= 0.3 is 0 Å². The number of benzene rings is 3. The molecule has 0 aliphatic carbocycles. The molecule has 0 saturated heterocycles. The molecule has 2 atom stereocenters. The Labute approximate surface area is 137 Å². The molecule has 2 heteroatoms. The molecule has 0 spiro atoms. The van der Waals surface area contributed by atoms with E-state index in [2.05, 4.69) is 29.6 Å². The summed E-state index contributed by atoms with van der Waals surface area (Å²) < 4.78 is 0. The molecule has 0 aromatic heterocycles. The molecule has 0 radical (unpaired) electrons. The van der Waals surface area contributed by atoms with Gasteiger partial charge in [0.05, 0.1) is 0 Å². The molecule has 0 saturated carbocycles. The molecule has 2 nitrogen and oxygen atoms in total. The lowest BCUT2D eigenvalue weighted by molar-refractivity contribution is -0.719. The minimum absolute atomic E-state index is 0.0289. The van der Waals surface area contributed by atoms with Crippen LogP contribution in [0.3, 0.4) is 0 Å². The van der Waals surface area contributed by atoms with Crippen LogP contribution in [0.1, 0.15) is 28.8 Å². The maximum Gasteiger partial charge on any atom is 0.142 e. The summed E-state index contributed by atoms with van der Waals surface area (Å²) in [7, 11) is 0. The van der Waals surface area contributed by atoms with Crippen molar-refractivity contribution < 1.29 is 10.4 Å². The van der Waals surface area contributed by atoms with Crippen LogP contribution in [-0.2, 0) is 6.54 Å². The number of nitrogens with two attached hydrogens (primary N) is 1. The van der Waals surface area contributed by atoms with Crippen LogP contribution in [0.2, 0.25) is 0 Å². The summed E-state index contributed by atoms with van der Waals surface area (Å²) in [6.45, 7) is 0.838. The summed E-state index contributed by atoms with van der Waals surface area (Å²) in [5.41, 5.74) is 3.35. The van der Waals surface area contributed by atoms with Crippen LogP contribution in [0.4, 0.5) is 0 Å². The van der Waals surface area contributed by atoms with E-state index in [1.807, 2.05) is 66.7 Å². The Morgan fingerprint density at radius 1 is 0.652 bits per heavy atom. The predicted molar refractivity (Wildman–Crippen MR) is 92.7 cm³/mol. The van der Waals surface area contributed by atoms with E-state index in [-0.39, 0.29) is 6.04 Å². The van der Waals surface area contributed by atoms with Crippen molar-refractivity contribution in [1.82, 2.24) is 0 Å². The molecule has 3 aromatic rings. The van der Waals surface area contributed by atoms with Crippen molar-refractivity contribution in [3.05, 3.63) is 108 Å². The summed E-state index contributed by atoms with van der Waals surface area (Å²) in [5.74, 6) is 0. The van der Waals surface area contributed by atoms with Crippen LogP contribution in [0.25, 0.3) is 0 Å². The zero-order chi connectivity index (χ0) is 15.9. The third kappa shape index (κ3) is 4.07. The Kier molecular flexibility index (Phi) is 5.20. The van der Waals surface area contributed by atoms with Crippen molar-refractivity contribution in [2.45, 2.75) is 18.7 Å². The van der Waals surface area contributed by atoms with Gasteiger partial charge in [-0.15, -0.1) is 0 Å². The van der Waals surface area contributed by atoms with Gasteiger partial charge in [-0.25, -0.2) is 0 Å². The molecular weight excluding hydrogens is 282 g/mol. The Morgan fingerprint density at radius 3 is 1.70 bits per heavy atom. The first-order valence-electron chi connectivity index (χ1n) is 8.00. The van der Waals surface area contributed by atoms with Crippen molar-refractivity contribution in [2.75, 3.05) is 0 Å². The second-order valence-corrected chi connectivity index (χ2v) is 5.72. The molecule has 0 aliphatic rings. The van der Waals surface area contributed by atoms with E-state index < -0.39 is 6.10 Å². The van der Waals surface area contributed by atoms with E-state index in [9.17, 15) is 5.11 Å². The van der Waals surface area contributed by atoms with Gasteiger partial charge < -0.3 is 10.4 Å². The Hall–Kier alpha value is -2.42. The fourth-order valence-electron chi connectivity index (χ4n) is 2.86. The number of hydrogen-bond donors (Lipinski definition) is 2. The topological polar surface area (TPSA) is 36.8 Å². The summed E-state index contributed by atoms with van der Waals surface area (Å²) >= 11 is 0. The third-order valence-electron chi connectivity index (χ3n) is 4.12. The second kappa shape index (κ2) is 7.73. The quantitative estimate of drug-likeness (QED) is 0.721. The molecule has 0 heterocycles. The lowest BCUT2D eigenvalue weighted by Crippen LogP contribution is -2.84. The van der Waals surface area contributed by atoms with Crippen LogP contribution in [0, 0.1) is 0 Å².